The van der Waals surface area contributed by atoms with E-state index in [1.165, 1.54) is 0 Å². The van der Waals surface area contributed by atoms with E-state index in [1.807, 2.05) is 12.2 Å². The van der Waals surface area contributed by atoms with Crippen molar-refractivity contribution in [3.8, 4) is 0 Å². The van der Waals surface area contributed by atoms with Gasteiger partial charge in [-0.25, -0.2) is 4.79 Å². The molecule has 0 unspecified atom stereocenters. The molecule has 1 saturated heterocycles. The van der Waals surface area contributed by atoms with Crippen LogP contribution in [0.5, 0.6) is 0 Å². The molecule has 4 nitrogen and oxygen atoms in total. The van der Waals surface area contributed by atoms with Crippen LogP contribution in [-0.2, 0) is 9.53 Å². The van der Waals surface area contributed by atoms with E-state index in [0.29, 0.717) is 18.4 Å². The third kappa shape index (κ3) is 3.14. The van der Waals surface area contributed by atoms with Gasteiger partial charge in [-0.2, -0.15) is 0 Å². The molecule has 0 spiro atoms. The number of carbonyl (C=O) groups excluding carboxylic acids is 1. The van der Waals surface area contributed by atoms with E-state index in [1.54, 1.807) is 0 Å². The van der Waals surface area contributed by atoms with E-state index < -0.39 is 0 Å². The van der Waals surface area contributed by atoms with Gasteiger partial charge in [0, 0.05) is 17.9 Å². The number of hydrogen-bond acceptors (Lipinski definition) is 4. The molecule has 1 aliphatic heterocycles. The Morgan fingerprint density at radius 2 is 2.00 bits per heavy atom. The number of rotatable bonds is 2. The molecule has 2 N–H and O–H groups in total. The molecule has 0 aromatic heterocycles. The zero-order valence-electron chi connectivity index (χ0n) is 11.0. The SMILES string of the molecule is C=C1C(=O)O[C@H]2CC(CO)=CCCC(CO)=CC[C@@H]12. The second kappa shape index (κ2) is 6.17. The first-order chi connectivity index (χ1) is 9.15. The molecule has 0 radical (unpaired) electrons. The fraction of sp³-hybridized carbons (Fsp3) is 0.533. The third-order valence-electron chi connectivity index (χ3n) is 3.85. The summed E-state index contributed by atoms with van der Waals surface area (Å²) >= 11 is 0. The van der Waals surface area contributed by atoms with Gasteiger partial charge >= 0.3 is 5.97 Å². The zero-order valence-corrected chi connectivity index (χ0v) is 11.0. The number of aliphatic hydroxyl groups excluding tert-OH is 2. The maximum atomic E-state index is 11.6. The fourth-order valence-electron chi connectivity index (χ4n) is 2.62. The quantitative estimate of drug-likeness (QED) is 0.450. The van der Waals surface area contributed by atoms with Crippen molar-refractivity contribution < 1.29 is 19.7 Å². The molecule has 104 valence electrons. The minimum atomic E-state index is -0.342. The summed E-state index contributed by atoms with van der Waals surface area (Å²) in [5.41, 5.74) is 2.34. The van der Waals surface area contributed by atoms with Crippen molar-refractivity contribution in [3.05, 3.63) is 35.5 Å². The van der Waals surface area contributed by atoms with Crippen LogP contribution in [0.2, 0.25) is 0 Å². The Bertz CT molecular complexity index is 433. The summed E-state index contributed by atoms with van der Waals surface area (Å²) in [7, 11) is 0. The monoisotopic (exact) mass is 264 g/mol. The highest BCUT2D eigenvalue weighted by atomic mass is 16.6. The normalized spacial score (nSPS) is 28.3. The van der Waals surface area contributed by atoms with Crippen molar-refractivity contribution in [1.29, 1.82) is 0 Å². The highest BCUT2D eigenvalue weighted by Crippen LogP contribution is 2.34. The number of aliphatic hydroxyl groups is 2. The molecule has 19 heavy (non-hydrogen) atoms. The van der Waals surface area contributed by atoms with Gasteiger partial charge < -0.3 is 14.9 Å². The number of hydrogen-bond donors (Lipinski definition) is 2. The van der Waals surface area contributed by atoms with Gasteiger partial charge in [0.1, 0.15) is 6.10 Å². The molecule has 2 aliphatic rings. The second-order valence-corrected chi connectivity index (χ2v) is 5.09. The number of allylic oxidation sites excluding steroid dienone is 2. The van der Waals surface area contributed by atoms with Crippen molar-refractivity contribution in [2.24, 2.45) is 5.92 Å². The lowest BCUT2D eigenvalue weighted by Crippen LogP contribution is -2.18. The van der Waals surface area contributed by atoms with E-state index in [4.69, 9.17) is 4.74 Å². The topological polar surface area (TPSA) is 66.8 Å². The summed E-state index contributed by atoms with van der Waals surface area (Å²) < 4.78 is 5.33. The number of esters is 1. The largest absolute Gasteiger partial charge is 0.458 e. The molecule has 1 fully saturated rings. The summed E-state index contributed by atoms with van der Waals surface area (Å²) in [5, 5.41) is 18.6. The molecular weight excluding hydrogens is 244 g/mol. The van der Waals surface area contributed by atoms with Crippen molar-refractivity contribution in [2.45, 2.75) is 31.8 Å². The molecule has 2 atom stereocenters. The van der Waals surface area contributed by atoms with Crippen LogP contribution in [0.4, 0.5) is 0 Å². The summed E-state index contributed by atoms with van der Waals surface area (Å²) in [4.78, 5) is 11.6. The lowest BCUT2D eigenvalue weighted by Gasteiger charge is -2.19. The standard InChI is InChI=1S/C15H20O4/c1-10-13-6-5-11(8-16)3-2-4-12(9-17)7-14(13)19-15(10)18/h4-5,13-14,16-17H,1-3,6-9H2/t13-,14-/m0/s1. The third-order valence-corrected chi connectivity index (χ3v) is 3.85. The van der Waals surface area contributed by atoms with Crippen LogP contribution >= 0.6 is 0 Å². The van der Waals surface area contributed by atoms with E-state index in [-0.39, 0.29) is 31.2 Å². The molecule has 0 bridgehead atoms. The summed E-state index contributed by atoms with van der Waals surface area (Å²) in [6.45, 7) is 3.81. The van der Waals surface area contributed by atoms with E-state index in [0.717, 1.165) is 24.0 Å². The van der Waals surface area contributed by atoms with Gasteiger partial charge in [-0.05, 0) is 30.4 Å². The number of carbonyl (C=O) groups is 1. The van der Waals surface area contributed by atoms with Crippen LogP contribution in [0, 0.1) is 5.92 Å². The molecule has 0 saturated carbocycles. The highest BCUT2D eigenvalue weighted by Gasteiger charge is 2.38. The van der Waals surface area contributed by atoms with Crippen LogP contribution in [-0.4, -0.2) is 35.5 Å². The second-order valence-electron chi connectivity index (χ2n) is 5.09. The minimum Gasteiger partial charge on any atom is -0.458 e. The lowest BCUT2D eigenvalue weighted by atomic mass is 9.87. The first-order valence-electron chi connectivity index (χ1n) is 6.63. The number of fused-ring (bicyclic) bond motifs is 1. The first kappa shape index (κ1) is 14.0. The van der Waals surface area contributed by atoms with E-state index in [9.17, 15) is 15.0 Å². The maximum Gasteiger partial charge on any atom is 0.334 e. The van der Waals surface area contributed by atoms with Crippen LogP contribution < -0.4 is 0 Å². The van der Waals surface area contributed by atoms with Crippen molar-refractivity contribution in [1.82, 2.24) is 0 Å². The Morgan fingerprint density at radius 1 is 1.26 bits per heavy atom. The van der Waals surface area contributed by atoms with E-state index >= 15 is 0 Å². The van der Waals surface area contributed by atoms with Gasteiger partial charge in [-0.15, -0.1) is 0 Å². The zero-order chi connectivity index (χ0) is 13.8. The smallest absolute Gasteiger partial charge is 0.334 e. The average Bonchev–Trinajstić information content (AvgIpc) is 2.68. The maximum absolute atomic E-state index is 11.6. The molecule has 1 aliphatic carbocycles. The van der Waals surface area contributed by atoms with Crippen molar-refractivity contribution >= 4 is 5.97 Å². The Morgan fingerprint density at radius 3 is 2.68 bits per heavy atom. The van der Waals surface area contributed by atoms with Crippen LogP contribution in [0.25, 0.3) is 0 Å². The van der Waals surface area contributed by atoms with Gasteiger partial charge in [0.15, 0.2) is 0 Å². The summed E-state index contributed by atoms with van der Waals surface area (Å²) in [6, 6.07) is 0. The van der Waals surface area contributed by atoms with Crippen LogP contribution in [0.3, 0.4) is 0 Å². The van der Waals surface area contributed by atoms with E-state index in [2.05, 4.69) is 6.58 Å². The van der Waals surface area contributed by atoms with Crippen LogP contribution in [0.1, 0.15) is 25.7 Å². The molecule has 0 aromatic carbocycles. The predicted molar refractivity (Wildman–Crippen MR) is 71.3 cm³/mol. The predicted octanol–water partition coefficient (Wildman–Crippen LogP) is 1.50. The Kier molecular flexibility index (Phi) is 4.56. The van der Waals surface area contributed by atoms with Crippen LogP contribution in [0.15, 0.2) is 35.5 Å². The molecule has 4 heteroatoms. The molecule has 1 heterocycles. The Labute approximate surface area is 113 Å². The van der Waals surface area contributed by atoms with Gasteiger partial charge in [0.2, 0.25) is 0 Å². The van der Waals surface area contributed by atoms with Gasteiger partial charge in [0.25, 0.3) is 0 Å². The molecule has 2 rings (SSSR count). The molecule has 0 amide bonds. The average molecular weight is 264 g/mol. The van der Waals surface area contributed by atoms with Gasteiger partial charge in [-0.3, -0.25) is 0 Å². The molecular formula is C15H20O4. The fourth-order valence-corrected chi connectivity index (χ4v) is 2.62. The van der Waals surface area contributed by atoms with Gasteiger partial charge in [0.05, 0.1) is 13.2 Å². The molecule has 0 aromatic rings. The summed E-state index contributed by atoms with van der Waals surface area (Å²) in [5.74, 6) is -0.396. The Balaban J connectivity index is 2.24. The Hall–Kier alpha value is -1.39. The number of ether oxygens (including phenoxy) is 1. The first-order valence-corrected chi connectivity index (χ1v) is 6.63. The minimum absolute atomic E-state index is 0.0224. The summed E-state index contributed by atoms with van der Waals surface area (Å²) in [6.07, 6.45) is 6.50. The lowest BCUT2D eigenvalue weighted by molar-refractivity contribution is -0.139. The van der Waals surface area contributed by atoms with Crippen molar-refractivity contribution in [3.63, 3.8) is 0 Å². The van der Waals surface area contributed by atoms with Crippen molar-refractivity contribution in [2.75, 3.05) is 13.2 Å². The highest BCUT2D eigenvalue weighted by molar-refractivity contribution is 5.90. The van der Waals surface area contributed by atoms with Gasteiger partial charge in [-0.1, -0.05) is 18.7 Å².